The average Bonchev–Trinajstić information content (AvgIpc) is 3.01. The molecule has 0 bridgehead atoms. The summed E-state index contributed by atoms with van der Waals surface area (Å²) in [5.41, 5.74) is 1.04. The Morgan fingerprint density at radius 3 is 2.63 bits per heavy atom. The second kappa shape index (κ2) is 8.75. The quantitative estimate of drug-likeness (QED) is 0.646. The Morgan fingerprint density at radius 2 is 1.96 bits per heavy atom. The number of carbonyl (C=O) groups is 3. The number of benzene rings is 1. The molecule has 1 aromatic carbocycles. The van der Waals surface area contributed by atoms with Crippen LogP contribution in [0.2, 0.25) is 0 Å². The van der Waals surface area contributed by atoms with Gasteiger partial charge in [-0.15, -0.1) is 11.8 Å². The summed E-state index contributed by atoms with van der Waals surface area (Å²) in [5.74, 6) is -1.90. The largest absolute Gasteiger partial charge is 0.480 e. The van der Waals surface area contributed by atoms with Gasteiger partial charge >= 0.3 is 11.9 Å². The Balaban J connectivity index is 1.68. The van der Waals surface area contributed by atoms with Crippen molar-refractivity contribution in [3.05, 3.63) is 35.9 Å². The highest BCUT2D eigenvalue weighted by Gasteiger charge is 2.45. The summed E-state index contributed by atoms with van der Waals surface area (Å²) in [7, 11) is 0. The molecule has 4 atom stereocenters. The predicted molar refractivity (Wildman–Crippen MR) is 101 cm³/mol. The maximum absolute atomic E-state index is 13.0. The number of aryl methyl sites for hydroxylation is 1. The van der Waals surface area contributed by atoms with Crippen LogP contribution in [0.1, 0.15) is 31.2 Å². The SMILES string of the molecule is O=C(O)C(CCc1ccccc1)N[C@@H]1CCC[C@H]2SC[C@H](C(=O)O)N2C1=O. The van der Waals surface area contributed by atoms with E-state index in [9.17, 15) is 24.6 Å². The van der Waals surface area contributed by atoms with E-state index in [4.69, 9.17) is 0 Å². The molecule has 1 aromatic rings. The first kappa shape index (κ1) is 19.7. The molecule has 2 heterocycles. The van der Waals surface area contributed by atoms with Crippen molar-refractivity contribution < 1.29 is 24.6 Å². The minimum Gasteiger partial charge on any atom is -0.480 e. The molecule has 0 spiro atoms. The molecule has 0 aliphatic carbocycles. The molecule has 0 saturated carbocycles. The van der Waals surface area contributed by atoms with Crippen LogP contribution in [0.15, 0.2) is 30.3 Å². The number of amides is 1. The highest BCUT2D eigenvalue weighted by molar-refractivity contribution is 8.00. The van der Waals surface area contributed by atoms with E-state index in [1.807, 2.05) is 30.3 Å². The number of hydrogen-bond donors (Lipinski definition) is 3. The Hall–Kier alpha value is -2.06. The number of aliphatic carboxylic acids is 2. The number of fused-ring (bicyclic) bond motifs is 1. The lowest BCUT2D eigenvalue weighted by molar-refractivity contribution is -0.150. The first-order valence-electron chi connectivity index (χ1n) is 9.16. The van der Waals surface area contributed by atoms with Gasteiger partial charge in [-0.05, 0) is 37.7 Å². The summed E-state index contributed by atoms with van der Waals surface area (Å²) in [6.45, 7) is 0. The predicted octanol–water partition coefficient (Wildman–Crippen LogP) is 1.57. The molecule has 27 heavy (non-hydrogen) atoms. The number of thioether (sulfide) groups is 1. The van der Waals surface area contributed by atoms with Crippen LogP contribution < -0.4 is 5.32 Å². The summed E-state index contributed by atoms with van der Waals surface area (Å²) < 4.78 is 0. The molecule has 2 saturated heterocycles. The molecule has 1 amide bonds. The van der Waals surface area contributed by atoms with Crippen LogP contribution in [-0.2, 0) is 20.8 Å². The van der Waals surface area contributed by atoms with Crippen molar-refractivity contribution in [3.63, 3.8) is 0 Å². The second-order valence-corrected chi connectivity index (χ2v) is 8.16. The average molecular weight is 392 g/mol. The normalized spacial score (nSPS) is 26.3. The zero-order valence-corrected chi connectivity index (χ0v) is 15.7. The maximum atomic E-state index is 13.0. The highest BCUT2D eigenvalue weighted by atomic mass is 32.2. The third-order valence-electron chi connectivity index (χ3n) is 5.14. The Bertz CT molecular complexity index is 699. The fourth-order valence-electron chi connectivity index (χ4n) is 3.70. The Kier molecular flexibility index (Phi) is 6.38. The van der Waals surface area contributed by atoms with E-state index in [1.54, 1.807) is 0 Å². The van der Waals surface area contributed by atoms with Crippen LogP contribution in [0.25, 0.3) is 0 Å². The molecule has 146 valence electrons. The lowest BCUT2D eigenvalue weighted by Gasteiger charge is -2.29. The minimum absolute atomic E-state index is 0.127. The molecule has 2 aliphatic heterocycles. The molecular weight excluding hydrogens is 368 g/mol. The van der Waals surface area contributed by atoms with Crippen LogP contribution >= 0.6 is 11.8 Å². The molecule has 8 heteroatoms. The van der Waals surface area contributed by atoms with E-state index in [1.165, 1.54) is 16.7 Å². The first-order chi connectivity index (χ1) is 13.0. The number of hydrogen-bond acceptors (Lipinski definition) is 5. The van der Waals surface area contributed by atoms with Crippen molar-refractivity contribution in [2.45, 2.75) is 55.6 Å². The fourth-order valence-corrected chi connectivity index (χ4v) is 5.16. The number of carbonyl (C=O) groups excluding carboxylic acids is 1. The van der Waals surface area contributed by atoms with E-state index in [0.29, 0.717) is 25.0 Å². The van der Waals surface area contributed by atoms with Crippen LogP contribution in [0.5, 0.6) is 0 Å². The van der Waals surface area contributed by atoms with Gasteiger partial charge in [0.1, 0.15) is 12.1 Å². The van der Waals surface area contributed by atoms with Gasteiger partial charge in [0, 0.05) is 5.75 Å². The molecule has 1 unspecified atom stereocenters. The molecule has 7 nitrogen and oxygen atoms in total. The van der Waals surface area contributed by atoms with Gasteiger partial charge in [-0.2, -0.15) is 0 Å². The van der Waals surface area contributed by atoms with Crippen molar-refractivity contribution in [2.75, 3.05) is 5.75 Å². The number of nitrogens with zero attached hydrogens (tertiary/aromatic N) is 1. The smallest absolute Gasteiger partial charge is 0.327 e. The molecule has 3 N–H and O–H groups in total. The van der Waals surface area contributed by atoms with Crippen LogP contribution in [0.4, 0.5) is 0 Å². The topological polar surface area (TPSA) is 107 Å². The van der Waals surface area contributed by atoms with E-state index in [0.717, 1.165) is 18.4 Å². The Morgan fingerprint density at radius 1 is 1.22 bits per heavy atom. The van der Waals surface area contributed by atoms with Gasteiger partial charge in [-0.3, -0.25) is 14.9 Å². The zero-order valence-electron chi connectivity index (χ0n) is 14.9. The number of rotatable bonds is 7. The summed E-state index contributed by atoms with van der Waals surface area (Å²) in [6, 6.07) is 7.27. The van der Waals surface area contributed by atoms with Crippen molar-refractivity contribution in [2.24, 2.45) is 0 Å². The molecule has 2 fully saturated rings. The van der Waals surface area contributed by atoms with Crippen LogP contribution in [-0.4, -0.2) is 62.2 Å². The number of carboxylic acid groups (broad SMARTS) is 2. The van der Waals surface area contributed by atoms with Gasteiger partial charge in [-0.25, -0.2) is 4.79 Å². The monoisotopic (exact) mass is 392 g/mol. The molecule has 3 rings (SSSR count). The van der Waals surface area contributed by atoms with Crippen molar-refractivity contribution >= 4 is 29.6 Å². The van der Waals surface area contributed by atoms with Crippen LogP contribution in [0, 0.1) is 0 Å². The molecular formula is C19H24N2O5S. The molecule has 2 aliphatic rings. The fraction of sp³-hybridized carbons (Fsp3) is 0.526. The van der Waals surface area contributed by atoms with Gasteiger partial charge in [0.05, 0.1) is 11.4 Å². The van der Waals surface area contributed by atoms with E-state index in [-0.39, 0.29) is 11.3 Å². The maximum Gasteiger partial charge on any atom is 0.327 e. The van der Waals surface area contributed by atoms with Gasteiger partial charge in [0.2, 0.25) is 5.91 Å². The third-order valence-corrected chi connectivity index (χ3v) is 6.49. The summed E-state index contributed by atoms with van der Waals surface area (Å²) >= 11 is 1.49. The summed E-state index contributed by atoms with van der Waals surface area (Å²) in [5, 5.41) is 21.9. The molecule has 0 aromatic heterocycles. The van der Waals surface area contributed by atoms with E-state index in [2.05, 4.69) is 5.32 Å². The molecule has 0 radical (unpaired) electrons. The number of nitrogens with one attached hydrogen (secondary N) is 1. The lowest BCUT2D eigenvalue weighted by Crippen LogP contribution is -2.55. The van der Waals surface area contributed by atoms with Gasteiger partial charge < -0.3 is 15.1 Å². The first-order valence-corrected chi connectivity index (χ1v) is 10.2. The summed E-state index contributed by atoms with van der Waals surface area (Å²) in [4.78, 5) is 37.6. The van der Waals surface area contributed by atoms with Gasteiger partial charge in [-0.1, -0.05) is 30.3 Å². The third kappa shape index (κ3) is 4.62. The Labute approximate surface area is 162 Å². The van der Waals surface area contributed by atoms with Gasteiger partial charge in [0.15, 0.2) is 0 Å². The number of carboxylic acids is 2. The highest BCUT2D eigenvalue weighted by Crippen LogP contribution is 2.35. The van der Waals surface area contributed by atoms with Crippen molar-refractivity contribution in [1.29, 1.82) is 0 Å². The van der Waals surface area contributed by atoms with E-state index >= 15 is 0 Å². The van der Waals surface area contributed by atoms with E-state index < -0.39 is 30.1 Å². The standard InChI is InChI=1S/C19H24N2O5S/c22-17-13(7-4-8-16-21(17)15(11-27-16)19(25)26)20-14(18(23)24)10-9-12-5-2-1-3-6-12/h1-3,5-6,13-16,20H,4,7-11H2,(H,23,24)(H,25,26)/t13-,14?,15-,16-/m1/s1. The van der Waals surface area contributed by atoms with Crippen molar-refractivity contribution in [3.8, 4) is 0 Å². The lowest BCUT2D eigenvalue weighted by atomic mass is 10.0. The minimum atomic E-state index is -1.00. The van der Waals surface area contributed by atoms with Crippen molar-refractivity contribution in [1.82, 2.24) is 10.2 Å². The van der Waals surface area contributed by atoms with Gasteiger partial charge in [0.25, 0.3) is 0 Å². The van der Waals surface area contributed by atoms with Crippen LogP contribution in [0.3, 0.4) is 0 Å². The summed E-state index contributed by atoms with van der Waals surface area (Å²) in [6.07, 6.45) is 2.97. The second-order valence-electron chi connectivity index (χ2n) is 6.95. The zero-order chi connectivity index (χ0) is 19.4.